The number of hydrogen-bond donors (Lipinski definition) is 2. The Kier molecular flexibility index (Phi) is 4.07. The molecule has 0 aliphatic heterocycles. The third-order valence-electron chi connectivity index (χ3n) is 4.19. The molecule has 0 radical (unpaired) electrons. The second kappa shape index (κ2) is 6.54. The van der Waals surface area contributed by atoms with Gasteiger partial charge in [0.25, 0.3) is 0 Å². The molecule has 0 saturated heterocycles. The highest BCUT2D eigenvalue weighted by Gasteiger charge is 2.19. The monoisotopic (exact) mass is 357 g/mol. The van der Waals surface area contributed by atoms with Crippen LogP contribution in [0.4, 0.5) is 5.69 Å². The Labute approximate surface area is 154 Å². The average molecular weight is 357 g/mol. The maximum Gasteiger partial charge on any atom is 0.229 e. The first-order valence-corrected chi connectivity index (χ1v) is 8.89. The first-order chi connectivity index (χ1) is 12.6. The largest absolute Gasteiger partial charge is 0.398 e. The summed E-state index contributed by atoms with van der Waals surface area (Å²) in [6.45, 7) is 0. The van der Waals surface area contributed by atoms with E-state index < -0.39 is 5.78 Å². The summed E-state index contributed by atoms with van der Waals surface area (Å²) in [5.41, 5.74) is 8.14. The Hall–Kier alpha value is -3.31. The highest BCUT2D eigenvalue weighted by Crippen LogP contribution is 2.37. The number of benzene rings is 2. The van der Waals surface area contributed by atoms with Crippen LogP contribution in [0, 0.1) is 5.41 Å². The van der Waals surface area contributed by atoms with Crippen molar-refractivity contribution in [3.05, 3.63) is 84.2 Å². The zero-order valence-corrected chi connectivity index (χ0v) is 14.6. The molecule has 0 aliphatic rings. The van der Waals surface area contributed by atoms with E-state index >= 15 is 0 Å². The maximum absolute atomic E-state index is 12.5. The number of thiophene rings is 1. The molecule has 126 valence electrons. The lowest BCUT2D eigenvalue weighted by atomic mass is 9.98. The highest BCUT2D eigenvalue weighted by molar-refractivity contribution is 7.22. The number of nitrogen functional groups attached to an aromatic ring is 1. The van der Waals surface area contributed by atoms with Crippen molar-refractivity contribution >= 4 is 38.6 Å². The van der Waals surface area contributed by atoms with Crippen LogP contribution in [-0.4, -0.2) is 16.5 Å². The zero-order valence-electron chi connectivity index (χ0n) is 13.8. The van der Waals surface area contributed by atoms with Crippen LogP contribution in [0.2, 0.25) is 0 Å². The van der Waals surface area contributed by atoms with E-state index in [2.05, 4.69) is 23.2 Å². The minimum atomic E-state index is -0.439. The van der Waals surface area contributed by atoms with Gasteiger partial charge in [0, 0.05) is 32.6 Å². The van der Waals surface area contributed by atoms with E-state index in [4.69, 9.17) is 11.1 Å². The number of nitrogens with one attached hydrogen (secondary N) is 1. The van der Waals surface area contributed by atoms with Crippen molar-refractivity contribution < 1.29 is 4.79 Å². The van der Waals surface area contributed by atoms with Gasteiger partial charge in [0.05, 0.1) is 0 Å². The smallest absolute Gasteiger partial charge is 0.229 e. The van der Waals surface area contributed by atoms with Crippen LogP contribution >= 0.6 is 11.3 Å². The van der Waals surface area contributed by atoms with Crippen LogP contribution < -0.4 is 5.73 Å². The van der Waals surface area contributed by atoms with Gasteiger partial charge in [-0.25, -0.2) is 0 Å². The van der Waals surface area contributed by atoms with E-state index in [0.29, 0.717) is 11.3 Å². The van der Waals surface area contributed by atoms with Gasteiger partial charge in [0.1, 0.15) is 11.4 Å². The first kappa shape index (κ1) is 16.2. The van der Waals surface area contributed by atoms with E-state index in [1.807, 2.05) is 24.3 Å². The maximum atomic E-state index is 12.5. The van der Waals surface area contributed by atoms with Gasteiger partial charge in [-0.05, 0) is 29.7 Å². The van der Waals surface area contributed by atoms with Crippen LogP contribution in [0.15, 0.2) is 72.9 Å². The quantitative estimate of drug-likeness (QED) is 0.313. The van der Waals surface area contributed by atoms with Gasteiger partial charge in [-0.1, -0.05) is 42.5 Å². The van der Waals surface area contributed by atoms with E-state index in [1.54, 1.807) is 35.6 Å². The second-order valence-electron chi connectivity index (χ2n) is 5.83. The second-order valence-corrected chi connectivity index (χ2v) is 6.92. The fraction of sp³-hybridized carbons (Fsp3) is 0. The van der Waals surface area contributed by atoms with E-state index in [0.717, 1.165) is 15.8 Å². The Morgan fingerprint density at radius 2 is 1.81 bits per heavy atom. The summed E-state index contributed by atoms with van der Waals surface area (Å²) in [6, 6.07) is 20.7. The first-order valence-electron chi connectivity index (χ1n) is 8.07. The number of anilines is 1. The van der Waals surface area contributed by atoms with Crippen LogP contribution in [-0.2, 0) is 0 Å². The molecule has 26 heavy (non-hydrogen) atoms. The molecule has 5 heteroatoms. The Bertz CT molecular complexity index is 1100. The third kappa shape index (κ3) is 2.78. The number of fused-ring (bicyclic) bond motifs is 1. The lowest BCUT2D eigenvalue weighted by Crippen LogP contribution is -2.17. The van der Waals surface area contributed by atoms with Gasteiger partial charge in [-0.15, -0.1) is 11.3 Å². The minimum absolute atomic E-state index is 0.149. The minimum Gasteiger partial charge on any atom is -0.398 e. The van der Waals surface area contributed by atoms with E-state index in [1.165, 1.54) is 10.9 Å². The summed E-state index contributed by atoms with van der Waals surface area (Å²) in [5, 5.41) is 9.46. The van der Waals surface area contributed by atoms with Gasteiger partial charge >= 0.3 is 0 Å². The molecule has 0 unspecified atom stereocenters. The molecule has 3 N–H and O–H groups in total. The number of nitrogens with two attached hydrogens (primary N) is 1. The summed E-state index contributed by atoms with van der Waals surface area (Å²) in [6.07, 6.45) is 1.54. The Balaban J connectivity index is 1.76. The molecule has 0 saturated carbocycles. The van der Waals surface area contributed by atoms with Crippen molar-refractivity contribution in [3.63, 3.8) is 0 Å². The molecule has 2 heterocycles. The number of hydrogen-bond acceptors (Lipinski definition) is 5. The summed E-state index contributed by atoms with van der Waals surface area (Å²) >= 11 is 1.64. The van der Waals surface area contributed by atoms with Crippen molar-refractivity contribution in [2.24, 2.45) is 0 Å². The number of pyridine rings is 1. The van der Waals surface area contributed by atoms with Gasteiger partial charge in [-0.2, -0.15) is 0 Å². The number of nitrogens with zero attached hydrogens (tertiary/aromatic N) is 1. The van der Waals surface area contributed by atoms with Gasteiger partial charge in [0.2, 0.25) is 5.78 Å². The molecule has 0 atom stereocenters. The summed E-state index contributed by atoms with van der Waals surface area (Å²) < 4.78 is 1.17. The van der Waals surface area contributed by atoms with Gasteiger partial charge < -0.3 is 5.73 Å². The molecule has 2 aromatic heterocycles. The van der Waals surface area contributed by atoms with Crippen LogP contribution in [0.25, 0.3) is 20.5 Å². The summed E-state index contributed by atoms with van der Waals surface area (Å²) in [7, 11) is 0. The molecule has 4 rings (SSSR count). The van der Waals surface area contributed by atoms with Crippen LogP contribution in [0.1, 0.15) is 16.1 Å². The number of aromatic nitrogens is 1. The Morgan fingerprint density at radius 1 is 1.00 bits per heavy atom. The van der Waals surface area contributed by atoms with Crippen LogP contribution in [0.5, 0.6) is 0 Å². The van der Waals surface area contributed by atoms with Crippen molar-refractivity contribution in [1.29, 1.82) is 5.41 Å². The molecule has 0 amide bonds. The topological polar surface area (TPSA) is 79.8 Å². The molecule has 2 aromatic carbocycles. The lowest BCUT2D eigenvalue weighted by Gasteiger charge is -2.10. The number of ketones is 1. The molecule has 4 nitrogen and oxygen atoms in total. The number of rotatable bonds is 4. The van der Waals surface area contributed by atoms with E-state index in [-0.39, 0.29) is 11.4 Å². The zero-order chi connectivity index (χ0) is 18.1. The predicted octanol–water partition coefficient (Wildman–Crippen LogP) is 4.80. The molecule has 0 aliphatic carbocycles. The number of Topliss-reactive ketones (excluding diaryl/α,β-unsaturated/α-hetero) is 1. The van der Waals surface area contributed by atoms with Crippen molar-refractivity contribution in [1.82, 2.24) is 4.98 Å². The SMILES string of the molecule is N=C(C(=O)c1ccccn1)c1cccc(-c2cc3ccccc3s2)c1N. The lowest BCUT2D eigenvalue weighted by molar-refractivity contribution is 0.106. The standard InChI is InChI=1S/C21H15N3OS/c22-19-14(18-12-13-6-1-2-10-17(13)26-18)7-5-8-15(19)20(23)21(25)16-9-3-4-11-24-16/h1-12,23H,22H2. The molecule has 0 fully saturated rings. The van der Waals surface area contributed by atoms with Gasteiger partial charge in [-0.3, -0.25) is 15.2 Å². The molecule has 0 bridgehead atoms. The van der Waals surface area contributed by atoms with E-state index in [9.17, 15) is 4.79 Å². The van der Waals surface area contributed by atoms with Crippen LogP contribution in [0.3, 0.4) is 0 Å². The molecular weight excluding hydrogens is 342 g/mol. The van der Waals surface area contributed by atoms with Crippen molar-refractivity contribution in [2.45, 2.75) is 0 Å². The molecule has 4 aromatic rings. The third-order valence-corrected chi connectivity index (χ3v) is 5.34. The van der Waals surface area contributed by atoms with Gasteiger partial charge in [0.15, 0.2) is 0 Å². The predicted molar refractivity (Wildman–Crippen MR) is 107 cm³/mol. The number of carbonyl (C=O) groups excluding carboxylic acids is 1. The molecule has 0 spiro atoms. The fourth-order valence-electron chi connectivity index (χ4n) is 2.86. The average Bonchev–Trinajstić information content (AvgIpc) is 3.11. The molecular formula is C21H15N3OS. The number of carbonyl (C=O) groups is 1. The number of para-hydroxylation sites is 1. The summed E-state index contributed by atoms with van der Waals surface area (Å²) in [4.78, 5) is 17.6. The fourth-order valence-corrected chi connectivity index (χ4v) is 3.96. The Morgan fingerprint density at radius 3 is 2.58 bits per heavy atom. The highest BCUT2D eigenvalue weighted by atomic mass is 32.1. The van der Waals surface area contributed by atoms with Crippen molar-refractivity contribution in [3.8, 4) is 10.4 Å². The normalized spacial score (nSPS) is 10.8. The summed E-state index contributed by atoms with van der Waals surface area (Å²) in [5.74, 6) is -0.439. The van der Waals surface area contributed by atoms with Crippen molar-refractivity contribution in [2.75, 3.05) is 5.73 Å².